The van der Waals surface area contributed by atoms with Crippen LogP contribution >= 0.6 is 0 Å². The third-order valence-electron chi connectivity index (χ3n) is 5.33. The van der Waals surface area contributed by atoms with Crippen molar-refractivity contribution in [2.75, 3.05) is 32.7 Å². The zero-order valence-electron chi connectivity index (χ0n) is 15.2. The van der Waals surface area contributed by atoms with Gasteiger partial charge in [0, 0.05) is 44.6 Å². The van der Waals surface area contributed by atoms with Gasteiger partial charge in [-0.15, -0.1) is 0 Å². The first-order valence-corrected chi connectivity index (χ1v) is 9.66. The third kappa shape index (κ3) is 5.42. The van der Waals surface area contributed by atoms with Gasteiger partial charge < -0.3 is 20.9 Å². The smallest absolute Gasteiger partial charge is 0.314 e. The van der Waals surface area contributed by atoms with E-state index in [0.29, 0.717) is 24.6 Å². The van der Waals surface area contributed by atoms with Crippen molar-refractivity contribution in [2.24, 2.45) is 5.92 Å². The average molecular weight is 359 g/mol. The number of nitrogens with one attached hydrogen (secondary N) is 3. The summed E-state index contributed by atoms with van der Waals surface area (Å²) in [6.45, 7) is 3.78. The lowest BCUT2D eigenvalue weighted by Crippen LogP contribution is -2.42. The van der Waals surface area contributed by atoms with Crippen molar-refractivity contribution >= 4 is 11.9 Å². The molecule has 3 amide bonds. The number of aromatic nitrogens is 1. The van der Waals surface area contributed by atoms with Crippen LogP contribution in [0.3, 0.4) is 0 Å². The van der Waals surface area contributed by atoms with E-state index in [1.165, 1.54) is 38.4 Å². The molecule has 1 atom stereocenters. The summed E-state index contributed by atoms with van der Waals surface area (Å²) in [7, 11) is 0. The van der Waals surface area contributed by atoms with Crippen molar-refractivity contribution in [3.05, 3.63) is 30.1 Å². The molecular formula is C19H29N5O2. The number of hydrogen-bond donors (Lipinski definition) is 3. The van der Waals surface area contributed by atoms with Gasteiger partial charge in [0.25, 0.3) is 5.91 Å². The molecule has 26 heavy (non-hydrogen) atoms. The largest absolute Gasteiger partial charge is 0.350 e. The van der Waals surface area contributed by atoms with Gasteiger partial charge in [0.2, 0.25) is 0 Å². The Kier molecular flexibility index (Phi) is 6.82. The normalized spacial score (nSPS) is 20.8. The van der Waals surface area contributed by atoms with Gasteiger partial charge in [-0.2, -0.15) is 0 Å². The van der Waals surface area contributed by atoms with Gasteiger partial charge in [-0.25, -0.2) is 4.79 Å². The van der Waals surface area contributed by atoms with Gasteiger partial charge >= 0.3 is 6.03 Å². The summed E-state index contributed by atoms with van der Waals surface area (Å²) in [5.74, 6) is 0.366. The van der Waals surface area contributed by atoms with E-state index in [4.69, 9.17) is 0 Å². The number of carbonyl (C=O) groups is 2. The van der Waals surface area contributed by atoms with Crippen LogP contribution in [0.15, 0.2) is 24.5 Å². The van der Waals surface area contributed by atoms with Gasteiger partial charge in [0.15, 0.2) is 0 Å². The van der Waals surface area contributed by atoms with Crippen molar-refractivity contribution in [3.8, 4) is 0 Å². The topological polar surface area (TPSA) is 86.4 Å². The Labute approximate surface area is 154 Å². The van der Waals surface area contributed by atoms with Gasteiger partial charge in [-0.05, 0) is 43.9 Å². The molecule has 0 radical (unpaired) electrons. The van der Waals surface area contributed by atoms with Crippen LogP contribution in [0.1, 0.15) is 42.5 Å². The SMILES string of the molecule is O=C(NCCNC(=O)c1cccnc1)NCC1CCN(C2CCCC2)C1. The highest BCUT2D eigenvalue weighted by atomic mass is 16.2. The van der Waals surface area contributed by atoms with Crippen LogP contribution in [0.25, 0.3) is 0 Å². The number of pyridine rings is 1. The Morgan fingerprint density at radius 2 is 1.92 bits per heavy atom. The Morgan fingerprint density at radius 1 is 1.12 bits per heavy atom. The lowest BCUT2D eigenvalue weighted by Gasteiger charge is -2.23. The highest BCUT2D eigenvalue weighted by Gasteiger charge is 2.29. The summed E-state index contributed by atoms with van der Waals surface area (Å²) < 4.78 is 0. The van der Waals surface area contributed by atoms with Crippen LogP contribution in [0.4, 0.5) is 4.79 Å². The number of rotatable bonds is 7. The monoisotopic (exact) mass is 359 g/mol. The molecule has 0 bridgehead atoms. The standard InChI is InChI=1S/C19H29N5O2/c25-18(16-4-3-8-20-13-16)21-9-10-22-19(26)23-12-15-7-11-24(14-15)17-5-1-2-6-17/h3-4,8,13,15,17H,1-2,5-7,9-12,14H2,(H,21,25)(H2,22,23,26). The second-order valence-electron chi connectivity index (χ2n) is 7.22. The molecule has 3 rings (SSSR count). The zero-order chi connectivity index (χ0) is 18.2. The first-order valence-electron chi connectivity index (χ1n) is 9.66. The molecule has 7 nitrogen and oxygen atoms in total. The lowest BCUT2D eigenvalue weighted by atomic mass is 10.1. The van der Waals surface area contributed by atoms with Crippen LogP contribution in [-0.4, -0.2) is 60.6 Å². The summed E-state index contributed by atoms with van der Waals surface area (Å²) in [4.78, 5) is 30.3. The van der Waals surface area contributed by atoms with Crippen molar-refractivity contribution in [2.45, 2.75) is 38.1 Å². The number of carbonyl (C=O) groups excluding carboxylic acids is 2. The molecule has 2 heterocycles. The fourth-order valence-electron chi connectivity index (χ4n) is 3.88. The van der Waals surface area contributed by atoms with Crippen LogP contribution in [0.5, 0.6) is 0 Å². The number of urea groups is 1. The minimum absolute atomic E-state index is 0.167. The van der Waals surface area contributed by atoms with Crippen LogP contribution < -0.4 is 16.0 Å². The van der Waals surface area contributed by atoms with E-state index < -0.39 is 0 Å². The van der Waals surface area contributed by atoms with Crippen LogP contribution in [0, 0.1) is 5.92 Å². The number of hydrogen-bond acceptors (Lipinski definition) is 4. The van der Waals surface area contributed by atoms with Crippen LogP contribution in [-0.2, 0) is 0 Å². The van der Waals surface area contributed by atoms with E-state index >= 15 is 0 Å². The molecule has 142 valence electrons. The molecule has 0 aromatic carbocycles. The molecule has 7 heteroatoms. The van der Waals surface area contributed by atoms with Crippen molar-refractivity contribution in [1.29, 1.82) is 0 Å². The minimum atomic E-state index is -0.182. The van der Waals surface area contributed by atoms with Crippen molar-refractivity contribution in [1.82, 2.24) is 25.8 Å². The van der Waals surface area contributed by atoms with Gasteiger partial charge in [0.1, 0.15) is 0 Å². The summed E-state index contributed by atoms with van der Waals surface area (Å²) >= 11 is 0. The molecule has 1 aliphatic heterocycles. The Bertz CT molecular complexity index is 589. The van der Waals surface area contributed by atoms with E-state index in [1.807, 2.05) is 0 Å². The second-order valence-corrected chi connectivity index (χ2v) is 7.22. The number of amides is 3. The molecular weight excluding hydrogens is 330 g/mol. The minimum Gasteiger partial charge on any atom is -0.350 e. The Balaban J connectivity index is 1.25. The fraction of sp³-hybridized carbons (Fsp3) is 0.632. The number of likely N-dealkylation sites (tertiary alicyclic amines) is 1. The highest BCUT2D eigenvalue weighted by molar-refractivity contribution is 5.93. The van der Waals surface area contributed by atoms with E-state index in [2.05, 4.69) is 25.8 Å². The average Bonchev–Trinajstić information content (AvgIpc) is 3.35. The maximum Gasteiger partial charge on any atom is 0.314 e. The van der Waals surface area contributed by atoms with E-state index in [9.17, 15) is 9.59 Å². The fourth-order valence-corrected chi connectivity index (χ4v) is 3.88. The first kappa shape index (κ1) is 18.6. The Hall–Kier alpha value is -2.15. The predicted octanol–water partition coefficient (Wildman–Crippen LogP) is 1.38. The molecule has 1 saturated heterocycles. The highest BCUT2D eigenvalue weighted by Crippen LogP contribution is 2.28. The molecule has 1 saturated carbocycles. The molecule has 0 spiro atoms. The summed E-state index contributed by atoms with van der Waals surface area (Å²) in [5.41, 5.74) is 0.519. The second kappa shape index (κ2) is 9.52. The maximum atomic E-state index is 11.9. The molecule has 1 aromatic heterocycles. The molecule has 2 fully saturated rings. The summed E-state index contributed by atoms with van der Waals surface area (Å²) in [6.07, 6.45) is 9.72. The van der Waals surface area contributed by atoms with Gasteiger partial charge in [0.05, 0.1) is 5.56 Å². The van der Waals surface area contributed by atoms with Gasteiger partial charge in [-0.3, -0.25) is 9.78 Å². The maximum absolute atomic E-state index is 11.9. The molecule has 3 N–H and O–H groups in total. The molecule has 1 unspecified atom stereocenters. The van der Waals surface area contributed by atoms with E-state index in [0.717, 1.165) is 25.6 Å². The summed E-state index contributed by atoms with van der Waals surface area (Å²) in [5, 5.41) is 8.50. The third-order valence-corrected chi connectivity index (χ3v) is 5.33. The van der Waals surface area contributed by atoms with E-state index in [-0.39, 0.29) is 11.9 Å². The quantitative estimate of drug-likeness (QED) is 0.642. The molecule has 1 aliphatic carbocycles. The number of nitrogens with zero attached hydrogens (tertiary/aromatic N) is 2. The first-order chi connectivity index (χ1) is 12.7. The summed E-state index contributed by atoms with van der Waals surface area (Å²) in [6, 6.07) is 4.04. The molecule has 1 aromatic rings. The van der Waals surface area contributed by atoms with Gasteiger partial charge in [-0.1, -0.05) is 12.8 Å². The molecule has 2 aliphatic rings. The van der Waals surface area contributed by atoms with Crippen LogP contribution in [0.2, 0.25) is 0 Å². The van der Waals surface area contributed by atoms with Crippen molar-refractivity contribution in [3.63, 3.8) is 0 Å². The van der Waals surface area contributed by atoms with E-state index in [1.54, 1.807) is 18.3 Å². The zero-order valence-corrected chi connectivity index (χ0v) is 15.2. The van der Waals surface area contributed by atoms with Crippen molar-refractivity contribution < 1.29 is 9.59 Å². The lowest BCUT2D eigenvalue weighted by molar-refractivity contribution is 0.0953. The Morgan fingerprint density at radius 3 is 2.69 bits per heavy atom. The predicted molar refractivity (Wildman–Crippen MR) is 99.9 cm³/mol.